The van der Waals surface area contributed by atoms with Crippen LogP contribution in [0.4, 0.5) is 0 Å². The largest absolute Gasteiger partial charge is 0.419 e. The molecule has 9 heteroatoms. The van der Waals surface area contributed by atoms with Crippen molar-refractivity contribution in [1.82, 2.24) is 39.0 Å². The lowest BCUT2D eigenvalue weighted by Crippen LogP contribution is -1.95. The highest BCUT2D eigenvalue weighted by Gasteiger charge is 2.19. The van der Waals surface area contributed by atoms with Crippen molar-refractivity contribution in [2.75, 3.05) is 0 Å². The molecule has 0 bridgehead atoms. The average Bonchev–Trinajstić information content (AvgIpc) is 3.85. The van der Waals surface area contributed by atoms with Gasteiger partial charge < -0.3 is 4.42 Å². The molecule has 0 saturated heterocycles. The number of rotatable bonds is 4. The number of pyridine rings is 2. The van der Waals surface area contributed by atoms with Crippen molar-refractivity contribution >= 4 is 66.3 Å². The van der Waals surface area contributed by atoms with E-state index in [4.69, 9.17) is 24.4 Å². The molecule has 0 amide bonds. The smallest absolute Gasteiger partial charge is 0.229 e. The minimum atomic E-state index is 0.545. The van der Waals surface area contributed by atoms with E-state index in [1.807, 2.05) is 48.8 Å². The zero-order valence-corrected chi connectivity index (χ0v) is 26.8. The van der Waals surface area contributed by atoms with Gasteiger partial charge in [0.25, 0.3) is 0 Å². The summed E-state index contributed by atoms with van der Waals surface area (Å²) in [7, 11) is 0. The molecule has 7 heterocycles. The predicted octanol–water partition coefficient (Wildman–Crippen LogP) is 9.48. The number of para-hydroxylation sites is 2. The highest BCUT2D eigenvalue weighted by atomic mass is 16.3. The van der Waals surface area contributed by atoms with Crippen molar-refractivity contribution in [2.24, 2.45) is 0 Å². The van der Waals surface area contributed by atoms with E-state index in [1.165, 1.54) is 0 Å². The third-order valence-corrected chi connectivity index (χ3v) is 9.65. The highest BCUT2D eigenvalue weighted by molar-refractivity contribution is 6.09. The van der Waals surface area contributed by atoms with Gasteiger partial charge in [0.2, 0.25) is 11.4 Å². The minimum absolute atomic E-state index is 0.545. The minimum Gasteiger partial charge on any atom is -0.419 e. The van der Waals surface area contributed by atoms with Gasteiger partial charge in [-0.2, -0.15) is 0 Å². The van der Waals surface area contributed by atoms with E-state index in [1.54, 1.807) is 24.8 Å². The van der Waals surface area contributed by atoms with Gasteiger partial charge in [-0.05, 0) is 71.8 Å². The lowest BCUT2D eigenvalue weighted by molar-refractivity contribution is 0.640. The molecule has 11 aromatic rings. The Morgan fingerprint density at radius 3 is 1.31 bits per heavy atom. The van der Waals surface area contributed by atoms with Crippen molar-refractivity contribution in [1.29, 1.82) is 0 Å². The van der Waals surface area contributed by atoms with Crippen LogP contribution in [0.2, 0.25) is 0 Å². The molecule has 4 aromatic carbocycles. The molecule has 0 atom stereocenters. The molecule has 0 radical (unpaired) electrons. The zero-order chi connectivity index (χ0) is 33.5. The molecule has 0 aliphatic rings. The molecule has 51 heavy (non-hydrogen) atoms. The summed E-state index contributed by atoms with van der Waals surface area (Å²) in [6, 6.07) is 37.6. The molecule has 0 fully saturated rings. The van der Waals surface area contributed by atoms with Gasteiger partial charge in [0, 0.05) is 70.5 Å². The van der Waals surface area contributed by atoms with Crippen LogP contribution < -0.4 is 0 Å². The number of hydrogen-bond donors (Lipinski definition) is 0. The summed E-state index contributed by atoms with van der Waals surface area (Å²) in [5.41, 5.74) is 12.5. The lowest BCUT2D eigenvalue weighted by Gasteiger charge is -2.08. The summed E-state index contributed by atoms with van der Waals surface area (Å²) in [6.45, 7) is 0. The fourth-order valence-corrected chi connectivity index (χ4v) is 7.33. The van der Waals surface area contributed by atoms with Gasteiger partial charge in [-0.1, -0.05) is 48.5 Å². The Bertz CT molecular complexity index is 2930. The lowest BCUT2D eigenvalue weighted by atomic mass is 10.0. The van der Waals surface area contributed by atoms with E-state index in [0.717, 1.165) is 88.5 Å². The van der Waals surface area contributed by atoms with Gasteiger partial charge in [0.1, 0.15) is 11.0 Å². The standard InChI is InChI=1S/C42H24N8O/c1-3-7-29(8-4-1)49-35-21-25(11-13-31(35)37-39(49)45-17-15-43-37)27-19-33-34-20-28(24-48-42(34)51-41(33)47-23-27)26-12-14-32-36(22-26)50(30-9-5-2-6-10-30)40-38(32)44-16-18-46-40/h1-24H. The maximum atomic E-state index is 6.14. The van der Waals surface area contributed by atoms with Crippen LogP contribution in [-0.4, -0.2) is 39.0 Å². The second-order valence-electron chi connectivity index (χ2n) is 12.5. The monoisotopic (exact) mass is 656 g/mol. The van der Waals surface area contributed by atoms with Gasteiger partial charge >= 0.3 is 0 Å². The molecule has 7 aromatic heterocycles. The fourth-order valence-electron chi connectivity index (χ4n) is 7.33. The molecule has 0 spiro atoms. The van der Waals surface area contributed by atoms with E-state index >= 15 is 0 Å². The van der Waals surface area contributed by atoms with Crippen LogP contribution in [0.1, 0.15) is 0 Å². The van der Waals surface area contributed by atoms with E-state index in [2.05, 4.69) is 91.9 Å². The maximum absolute atomic E-state index is 6.14. The first-order chi connectivity index (χ1) is 25.3. The third-order valence-electron chi connectivity index (χ3n) is 9.65. The number of furan rings is 1. The van der Waals surface area contributed by atoms with Crippen molar-refractivity contribution in [3.8, 4) is 33.6 Å². The second-order valence-corrected chi connectivity index (χ2v) is 12.5. The topological polar surface area (TPSA) is 100 Å². The number of hydrogen-bond acceptors (Lipinski definition) is 7. The Labute approximate surface area is 289 Å². The molecule has 11 rings (SSSR count). The first-order valence-corrected chi connectivity index (χ1v) is 16.6. The predicted molar refractivity (Wildman–Crippen MR) is 200 cm³/mol. The molecular weight excluding hydrogens is 633 g/mol. The van der Waals surface area contributed by atoms with Gasteiger partial charge in [-0.15, -0.1) is 0 Å². The van der Waals surface area contributed by atoms with Crippen LogP contribution in [-0.2, 0) is 0 Å². The first-order valence-electron chi connectivity index (χ1n) is 16.6. The third kappa shape index (κ3) is 4.15. The second kappa shape index (κ2) is 10.6. The van der Waals surface area contributed by atoms with Crippen LogP contribution in [0.3, 0.4) is 0 Å². The molecular formula is C42H24N8O. The Morgan fingerprint density at radius 1 is 0.392 bits per heavy atom. The van der Waals surface area contributed by atoms with Crippen molar-refractivity contribution in [3.63, 3.8) is 0 Å². The molecule has 0 N–H and O–H groups in total. The quantitative estimate of drug-likeness (QED) is 0.186. The summed E-state index contributed by atoms with van der Waals surface area (Å²) < 4.78 is 10.5. The van der Waals surface area contributed by atoms with Gasteiger partial charge in [0.05, 0.1) is 21.8 Å². The van der Waals surface area contributed by atoms with Crippen LogP contribution in [0.15, 0.2) is 151 Å². The van der Waals surface area contributed by atoms with Crippen LogP contribution in [0.25, 0.3) is 100.0 Å². The van der Waals surface area contributed by atoms with E-state index in [9.17, 15) is 0 Å². The molecule has 0 saturated carbocycles. The van der Waals surface area contributed by atoms with Gasteiger partial charge in [-0.3, -0.25) is 19.1 Å². The number of fused-ring (bicyclic) bond motifs is 9. The van der Waals surface area contributed by atoms with Crippen molar-refractivity contribution in [2.45, 2.75) is 0 Å². The molecule has 0 unspecified atom stereocenters. The molecule has 238 valence electrons. The summed E-state index contributed by atoms with van der Waals surface area (Å²) in [5.74, 6) is 0. The Morgan fingerprint density at radius 2 is 0.843 bits per heavy atom. The van der Waals surface area contributed by atoms with Crippen LogP contribution >= 0.6 is 0 Å². The Hall–Kier alpha value is -7.26. The molecule has 0 aliphatic heterocycles. The first kappa shape index (κ1) is 27.7. The summed E-state index contributed by atoms with van der Waals surface area (Å²) in [6.07, 6.45) is 10.7. The summed E-state index contributed by atoms with van der Waals surface area (Å²) in [5, 5.41) is 3.88. The highest BCUT2D eigenvalue weighted by Crippen LogP contribution is 2.37. The summed E-state index contributed by atoms with van der Waals surface area (Å²) in [4.78, 5) is 28.3. The van der Waals surface area contributed by atoms with E-state index in [-0.39, 0.29) is 0 Å². The summed E-state index contributed by atoms with van der Waals surface area (Å²) >= 11 is 0. The zero-order valence-electron chi connectivity index (χ0n) is 26.8. The number of nitrogens with zero attached hydrogens (tertiary/aromatic N) is 8. The van der Waals surface area contributed by atoms with Crippen molar-refractivity contribution in [3.05, 3.63) is 146 Å². The Balaban J connectivity index is 1.07. The average molecular weight is 657 g/mol. The van der Waals surface area contributed by atoms with E-state index in [0.29, 0.717) is 11.4 Å². The maximum Gasteiger partial charge on any atom is 0.229 e. The SMILES string of the molecule is c1ccc(-n2c3cc(-c4cnc5oc6ncc(-c7ccc8c9nccnc9n(-c9ccccc9)c8c7)cc6c5c4)ccc3c3nccnc32)cc1. The molecule has 0 aliphatic carbocycles. The van der Waals surface area contributed by atoms with Crippen LogP contribution in [0.5, 0.6) is 0 Å². The Kier molecular flexibility index (Phi) is 5.76. The normalized spacial score (nSPS) is 11.9. The van der Waals surface area contributed by atoms with Crippen LogP contribution in [0, 0.1) is 0 Å². The van der Waals surface area contributed by atoms with E-state index < -0.39 is 0 Å². The van der Waals surface area contributed by atoms with Crippen molar-refractivity contribution < 1.29 is 4.42 Å². The molecule has 9 nitrogen and oxygen atoms in total. The van der Waals surface area contributed by atoms with Gasteiger partial charge in [0.15, 0.2) is 11.3 Å². The van der Waals surface area contributed by atoms with Gasteiger partial charge in [-0.25, -0.2) is 19.9 Å². The fraction of sp³-hybridized carbons (Fsp3) is 0. The number of benzene rings is 4. The number of aromatic nitrogens is 8.